The van der Waals surface area contributed by atoms with Crippen molar-refractivity contribution in [3.8, 4) is 11.3 Å². The van der Waals surface area contributed by atoms with Crippen molar-refractivity contribution in [2.75, 3.05) is 10.6 Å². The third-order valence-electron chi connectivity index (χ3n) is 4.54. The molecule has 1 aliphatic heterocycles. The van der Waals surface area contributed by atoms with Crippen LogP contribution in [0.15, 0.2) is 81.7 Å². The van der Waals surface area contributed by atoms with Crippen molar-refractivity contribution in [1.82, 2.24) is 0 Å². The number of furan rings is 1. The standard InChI is InChI=1S/C21H15BrN2O/c22-15-9-7-13(8-10-15)18-11-12-19(25-18)21-23-16-5-1-3-14-4-2-6-17(24-21)20(14)16/h1-12,21,23-24H. The van der Waals surface area contributed by atoms with Crippen LogP contribution in [0.1, 0.15) is 11.9 Å². The number of hydrogen-bond donors (Lipinski definition) is 2. The first-order chi connectivity index (χ1) is 12.3. The molecular weight excluding hydrogens is 376 g/mol. The summed E-state index contributed by atoms with van der Waals surface area (Å²) < 4.78 is 7.18. The van der Waals surface area contributed by atoms with E-state index < -0.39 is 0 Å². The highest BCUT2D eigenvalue weighted by atomic mass is 79.9. The lowest BCUT2D eigenvalue weighted by molar-refractivity contribution is 0.505. The van der Waals surface area contributed by atoms with Gasteiger partial charge in [0.25, 0.3) is 0 Å². The van der Waals surface area contributed by atoms with Crippen molar-refractivity contribution in [3.63, 3.8) is 0 Å². The molecule has 122 valence electrons. The summed E-state index contributed by atoms with van der Waals surface area (Å²) in [6.07, 6.45) is -0.0929. The Morgan fingerprint density at radius 1 is 0.760 bits per heavy atom. The third kappa shape index (κ3) is 2.50. The molecule has 0 saturated carbocycles. The van der Waals surface area contributed by atoms with Crippen molar-refractivity contribution in [1.29, 1.82) is 0 Å². The molecule has 3 nitrogen and oxygen atoms in total. The zero-order chi connectivity index (χ0) is 16.8. The minimum atomic E-state index is -0.0929. The molecule has 0 aliphatic carbocycles. The van der Waals surface area contributed by atoms with Gasteiger partial charge in [-0.15, -0.1) is 0 Å². The van der Waals surface area contributed by atoms with Gasteiger partial charge in [-0.3, -0.25) is 0 Å². The topological polar surface area (TPSA) is 37.2 Å². The molecule has 5 rings (SSSR count). The molecule has 4 aromatic rings. The monoisotopic (exact) mass is 390 g/mol. The maximum Gasteiger partial charge on any atom is 0.157 e. The molecule has 0 unspecified atom stereocenters. The molecule has 0 radical (unpaired) electrons. The third-order valence-corrected chi connectivity index (χ3v) is 5.07. The van der Waals surface area contributed by atoms with Crippen molar-refractivity contribution >= 4 is 38.1 Å². The van der Waals surface area contributed by atoms with Gasteiger partial charge >= 0.3 is 0 Å². The summed E-state index contributed by atoms with van der Waals surface area (Å²) in [6.45, 7) is 0. The summed E-state index contributed by atoms with van der Waals surface area (Å²) in [4.78, 5) is 0. The predicted octanol–water partition coefficient (Wildman–Crippen LogP) is 6.40. The SMILES string of the molecule is Brc1ccc(-c2ccc(C3Nc4cccc5cccc(c45)N3)o2)cc1. The fourth-order valence-corrected chi connectivity index (χ4v) is 3.61. The smallest absolute Gasteiger partial charge is 0.157 e. The molecule has 3 aromatic carbocycles. The average molecular weight is 391 g/mol. The van der Waals surface area contributed by atoms with E-state index in [9.17, 15) is 0 Å². The van der Waals surface area contributed by atoms with Crippen molar-refractivity contribution in [2.45, 2.75) is 6.17 Å². The second kappa shape index (κ2) is 5.67. The minimum absolute atomic E-state index is 0.0929. The van der Waals surface area contributed by atoms with Crippen LogP contribution < -0.4 is 10.6 Å². The lowest BCUT2D eigenvalue weighted by atomic mass is 10.0. The van der Waals surface area contributed by atoms with Crippen LogP contribution in [0.2, 0.25) is 0 Å². The van der Waals surface area contributed by atoms with E-state index >= 15 is 0 Å². The van der Waals surface area contributed by atoms with E-state index in [1.54, 1.807) is 0 Å². The number of rotatable bonds is 2. The summed E-state index contributed by atoms with van der Waals surface area (Å²) in [6, 6.07) is 24.8. The van der Waals surface area contributed by atoms with E-state index in [1.165, 1.54) is 10.8 Å². The largest absolute Gasteiger partial charge is 0.457 e. The molecule has 0 fully saturated rings. The van der Waals surface area contributed by atoms with E-state index in [0.29, 0.717) is 0 Å². The van der Waals surface area contributed by atoms with Crippen LogP contribution in [0, 0.1) is 0 Å². The fraction of sp³-hybridized carbons (Fsp3) is 0.0476. The van der Waals surface area contributed by atoms with E-state index in [1.807, 2.05) is 36.4 Å². The van der Waals surface area contributed by atoms with Crippen LogP contribution in [0.4, 0.5) is 11.4 Å². The Hall–Kier alpha value is -2.72. The molecule has 25 heavy (non-hydrogen) atoms. The number of halogens is 1. The van der Waals surface area contributed by atoms with Gasteiger partial charge in [0.2, 0.25) is 0 Å². The number of nitrogens with one attached hydrogen (secondary N) is 2. The zero-order valence-electron chi connectivity index (χ0n) is 13.3. The molecule has 2 N–H and O–H groups in total. The van der Waals surface area contributed by atoms with Gasteiger partial charge in [0.1, 0.15) is 11.5 Å². The van der Waals surface area contributed by atoms with Gasteiger partial charge in [0.15, 0.2) is 6.17 Å². The highest BCUT2D eigenvalue weighted by Crippen LogP contribution is 2.39. The first kappa shape index (κ1) is 14.6. The van der Waals surface area contributed by atoms with Gasteiger partial charge < -0.3 is 15.1 Å². The lowest BCUT2D eigenvalue weighted by Crippen LogP contribution is -2.23. The van der Waals surface area contributed by atoms with E-state index in [4.69, 9.17) is 4.42 Å². The Morgan fingerprint density at radius 3 is 2.12 bits per heavy atom. The van der Waals surface area contributed by atoms with Crippen molar-refractivity contribution in [2.24, 2.45) is 0 Å². The highest BCUT2D eigenvalue weighted by Gasteiger charge is 2.22. The number of hydrogen-bond acceptors (Lipinski definition) is 3. The average Bonchev–Trinajstić information content (AvgIpc) is 3.13. The van der Waals surface area contributed by atoms with Crippen LogP contribution in [0.25, 0.3) is 22.1 Å². The molecule has 0 saturated heterocycles. The van der Waals surface area contributed by atoms with Gasteiger partial charge in [0, 0.05) is 26.8 Å². The van der Waals surface area contributed by atoms with Gasteiger partial charge in [-0.2, -0.15) is 0 Å². The van der Waals surface area contributed by atoms with Crippen molar-refractivity contribution in [3.05, 3.63) is 83.0 Å². The van der Waals surface area contributed by atoms with Gasteiger partial charge in [-0.05, 0) is 41.8 Å². The Kier molecular flexibility index (Phi) is 3.31. The molecule has 4 heteroatoms. The van der Waals surface area contributed by atoms with E-state index in [0.717, 1.165) is 32.9 Å². The fourth-order valence-electron chi connectivity index (χ4n) is 3.35. The van der Waals surface area contributed by atoms with Crippen LogP contribution in [0.5, 0.6) is 0 Å². The first-order valence-corrected chi connectivity index (χ1v) is 8.98. The Balaban J connectivity index is 1.50. The zero-order valence-corrected chi connectivity index (χ0v) is 14.9. The molecule has 0 spiro atoms. The van der Waals surface area contributed by atoms with E-state index in [-0.39, 0.29) is 6.17 Å². The molecule has 0 atom stereocenters. The van der Waals surface area contributed by atoms with Crippen LogP contribution in [0.3, 0.4) is 0 Å². The lowest BCUT2D eigenvalue weighted by Gasteiger charge is -2.28. The second-order valence-corrected chi connectivity index (χ2v) is 7.06. The van der Waals surface area contributed by atoms with Crippen LogP contribution >= 0.6 is 15.9 Å². The highest BCUT2D eigenvalue weighted by molar-refractivity contribution is 9.10. The van der Waals surface area contributed by atoms with Crippen LogP contribution in [-0.4, -0.2) is 0 Å². The summed E-state index contributed by atoms with van der Waals surface area (Å²) in [5.41, 5.74) is 3.31. The Labute approximate surface area is 153 Å². The maximum atomic E-state index is 6.12. The maximum absolute atomic E-state index is 6.12. The number of benzene rings is 3. The summed E-state index contributed by atoms with van der Waals surface area (Å²) in [5, 5.41) is 9.53. The van der Waals surface area contributed by atoms with Gasteiger partial charge in [-0.1, -0.05) is 52.3 Å². The Bertz CT molecular complexity index is 1030. The summed E-state index contributed by atoms with van der Waals surface area (Å²) >= 11 is 3.46. The summed E-state index contributed by atoms with van der Waals surface area (Å²) in [7, 11) is 0. The first-order valence-electron chi connectivity index (χ1n) is 8.18. The second-order valence-electron chi connectivity index (χ2n) is 6.14. The Morgan fingerprint density at radius 2 is 1.44 bits per heavy atom. The number of anilines is 2. The molecule has 1 aliphatic rings. The molecule has 0 amide bonds. The van der Waals surface area contributed by atoms with Gasteiger partial charge in [-0.25, -0.2) is 0 Å². The molecule has 2 heterocycles. The summed E-state index contributed by atoms with van der Waals surface area (Å²) in [5.74, 6) is 1.73. The predicted molar refractivity (Wildman–Crippen MR) is 106 cm³/mol. The molecule has 0 bridgehead atoms. The minimum Gasteiger partial charge on any atom is -0.457 e. The normalized spacial score (nSPS) is 13.5. The molecule has 1 aromatic heterocycles. The van der Waals surface area contributed by atoms with E-state index in [2.05, 4.69) is 63.0 Å². The van der Waals surface area contributed by atoms with Crippen molar-refractivity contribution < 1.29 is 4.42 Å². The molecular formula is C21H15BrN2O. The quantitative estimate of drug-likeness (QED) is 0.415. The van der Waals surface area contributed by atoms with Gasteiger partial charge in [0.05, 0.1) is 0 Å². The van der Waals surface area contributed by atoms with Crippen LogP contribution in [-0.2, 0) is 0 Å².